The minimum absolute atomic E-state index is 0.0352. The predicted molar refractivity (Wildman–Crippen MR) is 191 cm³/mol. The molecule has 0 atom stereocenters. The van der Waals surface area contributed by atoms with E-state index in [1.165, 1.54) is 0 Å². The molecule has 12 heteroatoms. The highest BCUT2D eigenvalue weighted by molar-refractivity contribution is 5.76. The molecule has 10 nitrogen and oxygen atoms in total. The number of alkyl halides is 2. The summed E-state index contributed by atoms with van der Waals surface area (Å²) in [5.74, 6) is 0.364. The first-order valence-corrected chi connectivity index (χ1v) is 16.3. The summed E-state index contributed by atoms with van der Waals surface area (Å²) in [7, 11) is 0. The van der Waals surface area contributed by atoms with Gasteiger partial charge in [-0.2, -0.15) is 13.8 Å². The van der Waals surface area contributed by atoms with E-state index in [0.29, 0.717) is 18.7 Å². The first kappa shape index (κ1) is 38.2. The summed E-state index contributed by atoms with van der Waals surface area (Å²) in [6, 6.07) is 15.4. The summed E-state index contributed by atoms with van der Waals surface area (Å²) in [6.07, 6.45) is 5.43. The molecule has 2 aromatic carbocycles. The molecule has 0 fully saturated rings. The molecule has 4 rings (SSSR count). The van der Waals surface area contributed by atoms with Gasteiger partial charge in [-0.05, 0) is 91.2 Å². The van der Waals surface area contributed by atoms with E-state index in [0.717, 1.165) is 72.2 Å². The Balaban J connectivity index is 0.000000286. The number of aliphatic imine (C=N–C) groups is 1. The van der Waals surface area contributed by atoms with Crippen LogP contribution >= 0.6 is 0 Å². The Morgan fingerprint density at radius 1 is 0.979 bits per heavy atom. The van der Waals surface area contributed by atoms with Crippen LogP contribution in [0.15, 0.2) is 64.5 Å². The number of guanidine groups is 1. The van der Waals surface area contributed by atoms with E-state index < -0.39 is 6.61 Å². The Kier molecular flexibility index (Phi) is 13.7. The second-order valence-electron chi connectivity index (χ2n) is 13.9. The molecule has 262 valence electrons. The number of fused-ring (bicyclic) bond motifs is 1. The molecule has 0 saturated heterocycles. The summed E-state index contributed by atoms with van der Waals surface area (Å²) in [4.78, 5) is 23.9. The van der Waals surface area contributed by atoms with Gasteiger partial charge in [-0.3, -0.25) is 9.56 Å². The quantitative estimate of drug-likeness (QED) is 0.0702. The largest absolute Gasteiger partial charge is 0.435 e. The number of benzene rings is 2. The molecule has 0 aliphatic carbocycles. The Bertz CT molecular complexity index is 1680. The number of H-pyrrole nitrogens is 1. The summed E-state index contributed by atoms with van der Waals surface area (Å²) in [5, 5.41) is 4.27. The van der Waals surface area contributed by atoms with Crippen molar-refractivity contribution in [2.45, 2.75) is 91.2 Å². The van der Waals surface area contributed by atoms with Crippen LogP contribution in [0.25, 0.3) is 16.7 Å². The van der Waals surface area contributed by atoms with Crippen molar-refractivity contribution in [1.82, 2.24) is 19.9 Å². The van der Waals surface area contributed by atoms with Crippen LogP contribution in [0, 0.1) is 0 Å². The van der Waals surface area contributed by atoms with E-state index in [-0.39, 0.29) is 28.2 Å². The smallest absolute Gasteiger partial charge is 0.387 e. The number of aromatic amines is 1. The van der Waals surface area contributed by atoms with Gasteiger partial charge in [-0.15, -0.1) is 0 Å². The van der Waals surface area contributed by atoms with Crippen molar-refractivity contribution < 1.29 is 13.5 Å². The van der Waals surface area contributed by atoms with Crippen LogP contribution in [0.2, 0.25) is 0 Å². The van der Waals surface area contributed by atoms with E-state index in [9.17, 15) is 13.6 Å². The van der Waals surface area contributed by atoms with Crippen LogP contribution in [0.5, 0.6) is 5.75 Å². The van der Waals surface area contributed by atoms with E-state index in [1.54, 1.807) is 16.7 Å². The van der Waals surface area contributed by atoms with Crippen LogP contribution in [0.4, 0.5) is 8.78 Å². The monoisotopic (exact) mass is 666 g/mol. The van der Waals surface area contributed by atoms with Gasteiger partial charge in [-0.1, -0.05) is 59.7 Å². The van der Waals surface area contributed by atoms with Crippen molar-refractivity contribution in [3.8, 4) is 11.4 Å². The lowest BCUT2D eigenvalue weighted by atomic mass is 9.85. The Hall–Kier alpha value is -4.29. The standard InChI is InChI=1S/C21H29N7O.C15H23F2NO/c1-21(2,3)17-11-15-13-28(20(29)27-18(15)26-17)16-7-5-14(6-8-16)12-24-9-4-10-25-19(22)23;1-15(2,3)12-8-11(6-4-5-7-18)9-13(10-12)19-14(16)17/h5-8,11,13,24H,4,9-10,12H2,1-3H3,(H4,22,23,25)(H,26,27,29);8-10,14H,4-7,18H2,1-3H3. The minimum Gasteiger partial charge on any atom is -0.435 e. The fraction of sp³-hybridized carbons (Fsp3) is 0.472. The van der Waals surface area contributed by atoms with E-state index in [1.807, 2.05) is 30.5 Å². The third kappa shape index (κ3) is 12.1. The maximum absolute atomic E-state index is 12.5. The Morgan fingerprint density at radius 2 is 1.69 bits per heavy atom. The average molecular weight is 667 g/mol. The molecule has 2 aromatic heterocycles. The van der Waals surface area contributed by atoms with Gasteiger partial charge >= 0.3 is 12.3 Å². The van der Waals surface area contributed by atoms with Gasteiger partial charge in [0.1, 0.15) is 11.4 Å². The van der Waals surface area contributed by atoms with E-state index >= 15 is 0 Å². The van der Waals surface area contributed by atoms with Gasteiger partial charge in [0.05, 0.1) is 5.69 Å². The molecule has 0 bridgehead atoms. The first-order chi connectivity index (χ1) is 22.6. The van der Waals surface area contributed by atoms with Crippen molar-refractivity contribution in [3.05, 3.63) is 87.6 Å². The molecule has 8 N–H and O–H groups in total. The van der Waals surface area contributed by atoms with Crippen molar-refractivity contribution in [2.24, 2.45) is 22.2 Å². The fourth-order valence-corrected chi connectivity index (χ4v) is 4.89. The number of hydrogen-bond acceptors (Lipinski definition) is 6. The van der Waals surface area contributed by atoms with Crippen LogP contribution < -0.4 is 32.9 Å². The highest BCUT2D eigenvalue weighted by Crippen LogP contribution is 2.29. The number of aryl methyl sites for hydroxylation is 1. The molecule has 4 aromatic rings. The van der Waals surface area contributed by atoms with Gasteiger partial charge in [0, 0.05) is 35.8 Å². The van der Waals surface area contributed by atoms with Gasteiger partial charge in [0.15, 0.2) is 5.96 Å². The number of ether oxygens (including phenoxy) is 1. The maximum atomic E-state index is 12.5. The normalized spacial score (nSPS) is 11.8. The van der Waals surface area contributed by atoms with Gasteiger partial charge < -0.3 is 32.2 Å². The molecule has 0 aliphatic heterocycles. The molecular formula is C36H52F2N8O2. The number of nitrogens with two attached hydrogens (primary N) is 3. The average Bonchev–Trinajstić information content (AvgIpc) is 3.42. The van der Waals surface area contributed by atoms with Gasteiger partial charge in [0.2, 0.25) is 0 Å². The van der Waals surface area contributed by atoms with Gasteiger partial charge in [-0.25, -0.2) is 4.79 Å². The molecule has 0 aliphatic rings. The summed E-state index contributed by atoms with van der Waals surface area (Å²) >= 11 is 0. The molecule has 2 heterocycles. The SMILES string of the molecule is CC(C)(C)c1cc(CCCCN)cc(OC(F)F)c1.CC(C)(C)c1cc2cn(-c3ccc(CNCCCN=C(N)N)cc3)c(=O)nc2[nH]1. The third-order valence-electron chi connectivity index (χ3n) is 7.64. The topological polar surface area (TPSA) is 162 Å². The third-order valence-corrected chi connectivity index (χ3v) is 7.64. The Morgan fingerprint density at radius 3 is 2.29 bits per heavy atom. The molecular weight excluding hydrogens is 614 g/mol. The number of nitrogens with one attached hydrogen (secondary N) is 2. The van der Waals surface area contributed by atoms with Crippen LogP contribution in [-0.2, 0) is 23.8 Å². The minimum atomic E-state index is -2.79. The zero-order chi connectivity index (χ0) is 35.5. The first-order valence-electron chi connectivity index (χ1n) is 16.3. The molecule has 48 heavy (non-hydrogen) atoms. The lowest BCUT2D eigenvalue weighted by molar-refractivity contribution is -0.0499. The van der Waals surface area contributed by atoms with E-state index in [2.05, 4.69) is 78.7 Å². The maximum Gasteiger partial charge on any atom is 0.387 e. The van der Waals surface area contributed by atoms with Crippen molar-refractivity contribution >= 4 is 17.0 Å². The molecule has 0 radical (unpaired) electrons. The summed E-state index contributed by atoms with van der Waals surface area (Å²) in [5.41, 5.74) is 21.3. The lowest BCUT2D eigenvalue weighted by Crippen LogP contribution is -2.23. The van der Waals surface area contributed by atoms with Crippen molar-refractivity contribution in [1.29, 1.82) is 0 Å². The number of halogens is 2. The highest BCUT2D eigenvalue weighted by Gasteiger charge is 2.18. The van der Waals surface area contributed by atoms with Crippen molar-refractivity contribution in [3.63, 3.8) is 0 Å². The Labute approximate surface area is 282 Å². The number of aromatic nitrogens is 3. The highest BCUT2D eigenvalue weighted by atomic mass is 19.3. The van der Waals surface area contributed by atoms with Crippen LogP contribution in [-0.4, -0.2) is 46.7 Å². The zero-order valence-corrected chi connectivity index (χ0v) is 29.1. The number of rotatable bonds is 13. The van der Waals surface area contributed by atoms with Gasteiger partial charge in [0.25, 0.3) is 0 Å². The fourth-order valence-electron chi connectivity index (χ4n) is 4.89. The summed E-state index contributed by atoms with van der Waals surface area (Å²) in [6.45, 7) is 12.6. The zero-order valence-electron chi connectivity index (χ0n) is 29.1. The number of hydrogen-bond donors (Lipinski definition) is 5. The van der Waals surface area contributed by atoms with Crippen molar-refractivity contribution in [2.75, 3.05) is 19.6 Å². The molecule has 0 spiro atoms. The van der Waals surface area contributed by atoms with E-state index in [4.69, 9.17) is 17.2 Å². The summed E-state index contributed by atoms with van der Waals surface area (Å²) < 4.78 is 30.8. The molecule has 0 unspecified atom stereocenters. The number of nitrogens with zero attached hydrogens (tertiary/aromatic N) is 3. The lowest BCUT2D eigenvalue weighted by Gasteiger charge is -2.21. The molecule has 0 amide bonds. The second-order valence-corrected chi connectivity index (χ2v) is 13.9. The number of unbranched alkanes of at least 4 members (excludes halogenated alkanes) is 1. The van der Waals surface area contributed by atoms with Crippen LogP contribution in [0.1, 0.15) is 83.2 Å². The van der Waals surface area contributed by atoms with Crippen LogP contribution in [0.3, 0.4) is 0 Å². The molecule has 0 saturated carbocycles. The second kappa shape index (κ2) is 17.2. The predicted octanol–water partition coefficient (Wildman–Crippen LogP) is 5.63.